The van der Waals surface area contributed by atoms with Crippen LogP contribution in [-0.4, -0.2) is 60.1 Å². The van der Waals surface area contributed by atoms with Gasteiger partial charge in [0.2, 0.25) is 5.91 Å². The van der Waals surface area contributed by atoms with Crippen LogP contribution >= 0.6 is 15.9 Å². The fraction of sp³-hybridized carbons (Fsp3) is 0.381. The van der Waals surface area contributed by atoms with Crippen molar-refractivity contribution in [3.63, 3.8) is 0 Å². The van der Waals surface area contributed by atoms with Gasteiger partial charge in [-0.3, -0.25) is 9.10 Å². The van der Waals surface area contributed by atoms with Gasteiger partial charge in [-0.25, -0.2) is 8.42 Å². The minimum Gasteiger partial charge on any atom is -0.496 e. The van der Waals surface area contributed by atoms with Gasteiger partial charge in [-0.15, -0.1) is 0 Å². The molecule has 7 nitrogen and oxygen atoms in total. The molecule has 0 aliphatic heterocycles. The highest BCUT2D eigenvalue weighted by molar-refractivity contribution is 9.10. The summed E-state index contributed by atoms with van der Waals surface area (Å²) in [6.07, 6.45) is 0.779. The summed E-state index contributed by atoms with van der Waals surface area (Å²) >= 11 is 3.33. The van der Waals surface area contributed by atoms with E-state index in [1.54, 1.807) is 18.2 Å². The second-order valence-corrected chi connectivity index (χ2v) is 9.87. The van der Waals surface area contributed by atoms with E-state index < -0.39 is 10.0 Å². The maximum absolute atomic E-state index is 13.4. The number of aryl methyl sites for hydroxylation is 1. The lowest BCUT2D eigenvalue weighted by Crippen LogP contribution is -2.41. The van der Waals surface area contributed by atoms with E-state index in [9.17, 15) is 13.2 Å². The van der Waals surface area contributed by atoms with Gasteiger partial charge in [0.15, 0.2) is 0 Å². The molecule has 2 aromatic carbocycles. The number of anilines is 1. The molecule has 1 amide bonds. The molecule has 0 bridgehead atoms. The number of hydrogen-bond acceptors (Lipinski definition) is 5. The number of ether oxygens (including phenoxy) is 1. The molecule has 0 radical (unpaired) electrons. The molecule has 2 rings (SSSR count). The maximum Gasteiger partial charge on any atom is 0.264 e. The summed E-state index contributed by atoms with van der Waals surface area (Å²) in [5, 5.41) is 2.80. The van der Waals surface area contributed by atoms with Crippen molar-refractivity contribution < 1.29 is 17.9 Å². The third-order valence-corrected chi connectivity index (χ3v) is 6.81. The number of carbonyl (C=O) groups is 1. The van der Waals surface area contributed by atoms with Crippen LogP contribution in [-0.2, 0) is 14.8 Å². The molecule has 0 atom stereocenters. The van der Waals surface area contributed by atoms with Crippen molar-refractivity contribution in [1.29, 1.82) is 0 Å². The lowest BCUT2D eigenvalue weighted by molar-refractivity contribution is -0.119. The molecule has 0 aliphatic rings. The predicted octanol–water partition coefficient (Wildman–Crippen LogP) is 3.03. The maximum atomic E-state index is 13.4. The first-order chi connectivity index (χ1) is 14.1. The molecule has 0 aromatic heterocycles. The monoisotopic (exact) mass is 497 g/mol. The zero-order chi connectivity index (χ0) is 22.3. The van der Waals surface area contributed by atoms with Gasteiger partial charge in [-0.05, 0) is 80.2 Å². The normalized spacial score (nSPS) is 11.4. The molecule has 0 saturated carbocycles. The highest BCUT2D eigenvalue weighted by atomic mass is 79.9. The van der Waals surface area contributed by atoms with Gasteiger partial charge in [0, 0.05) is 6.54 Å². The number of methoxy groups -OCH3 is 1. The standard InChI is InChI=1S/C21H28BrN3O4S/c1-16-6-8-17(9-7-16)25(15-21(26)23-12-5-13-24(2)3)30(27,28)18-10-11-20(29-4)19(22)14-18/h6-11,14H,5,12-13,15H2,1-4H3,(H,23,26). The SMILES string of the molecule is COc1ccc(S(=O)(=O)N(CC(=O)NCCCN(C)C)c2ccc(C)cc2)cc1Br. The first kappa shape index (κ1) is 24.2. The summed E-state index contributed by atoms with van der Waals surface area (Å²) < 4.78 is 33.6. The van der Waals surface area contributed by atoms with E-state index >= 15 is 0 Å². The van der Waals surface area contributed by atoms with E-state index in [4.69, 9.17) is 4.74 Å². The molecule has 0 saturated heterocycles. The number of rotatable bonds is 10. The van der Waals surface area contributed by atoms with E-state index in [1.807, 2.05) is 38.1 Å². The van der Waals surface area contributed by atoms with Gasteiger partial charge in [-0.1, -0.05) is 17.7 Å². The van der Waals surface area contributed by atoms with Crippen molar-refractivity contribution in [2.24, 2.45) is 0 Å². The number of halogens is 1. The zero-order valence-corrected chi connectivity index (χ0v) is 20.1. The molecule has 0 heterocycles. The van der Waals surface area contributed by atoms with Crippen molar-refractivity contribution >= 4 is 37.5 Å². The molecule has 30 heavy (non-hydrogen) atoms. The van der Waals surface area contributed by atoms with Crippen molar-refractivity contribution in [2.45, 2.75) is 18.2 Å². The van der Waals surface area contributed by atoms with E-state index in [1.165, 1.54) is 19.2 Å². The lowest BCUT2D eigenvalue weighted by Gasteiger charge is -2.24. The fourth-order valence-corrected chi connectivity index (χ4v) is 4.91. The number of benzene rings is 2. The van der Waals surface area contributed by atoms with Crippen molar-refractivity contribution in [2.75, 3.05) is 45.1 Å². The largest absolute Gasteiger partial charge is 0.496 e. The van der Waals surface area contributed by atoms with Crippen molar-refractivity contribution in [1.82, 2.24) is 10.2 Å². The van der Waals surface area contributed by atoms with Crippen LogP contribution in [0.25, 0.3) is 0 Å². The fourth-order valence-electron chi connectivity index (χ4n) is 2.77. The smallest absolute Gasteiger partial charge is 0.264 e. The summed E-state index contributed by atoms with van der Waals surface area (Å²) in [6.45, 7) is 2.92. The second-order valence-electron chi connectivity index (χ2n) is 7.15. The summed E-state index contributed by atoms with van der Waals surface area (Å²) in [4.78, 5) is 14.6. The molecule has 0 unspecified atom stereocenters. The second kappa shape index (κ2) is 10.8. The first-order valence-corrected chi connectivity index (χ1v) is 11.7. The summed E-state index contributed by atoms with van der Waals surface area (Å²) in [5.74, 6) is 0.167. The van der Waals surface area contributed by atoms with Gasteiger partial charge >= 0.3 is 0 Å². The quantitative estimate of drug-likeness (QED) is 0.510. The number of nitrogens with one attached hydrogen (secondary N) is 1. The Morgan fingerprint density at radius 3 is 2.37 bits per heavy atom. The van der Waals surface area contributed by atoms with Gasteiger partial charge in [0.05, 0.1) is 22.2 Å². The predicted molar refractivity (Wildman–Crippen MR) is 123 cm³/mol. The molecular formula is C21H28BrN3O4S. The lowest BCUT2D eigenvalue weighted by atomic mass is 10.2. The minimum absolute atomic E-state index is 0.0659. The van der Waals surface area contributed by atoms with Crippen LogP contribution in [0.4, 0.5) is 5.69 Å². The van der Waals surface area contributed by atoms with Gasteiger partial charge in [0.25, 0.3) is 10.0 Å². The number of sulfonamides is 1. The van der Waals surface area contributed by atoms with Crippen molar-refractivity contribution in [3.8, 4) is 5.75 Å². The van der Waals surface area contributed by atoms with Gasteiger partial charge in [-0.2, -0.15) is 0 Å². The number of amides is 1. The highest BCUT2D eigenvalue weighted by Gasteiger charge is 2.27. The number of carbonyl (C=O) groups excluding carboxylic acids is 1. The Bertz CT molecular complexity index is 963. The Kier molecular flexibility index (Phi) is 8.69. The Morgan fingerprint density at radius 1 is 1.13 bits per heavy atom. The number of nitrogens with zero attached hydrogens (tertiary/aromatic N) is 2. The van der Waals surface area contributed by atoms with Crippen LogP contribution in [0.2, 0.25) is 0 Å². The van der Waals surface area contributed by atoms with Crippen LogP contribution in [0.15, 0.2) is 51.8 Å². The Hall–Kier alpha value is -2.10. The minimum atomic E-state index is -3.97. The molecule has 9 heteroatoms. The number of hydrogen-bond donors (Lipinski definition) is 1. The van der Waals surface area contributed by atoms with E-state index in [-0.39, 0.29) is 17.3 Å². The van der Waals surface area contributed by atoms with Crippen LogP contribution in [0.1, 0.15) is 12.0 Å². The van der Waals surface area contributed by atoms with E-state index in [0.29, 0.717) is 22.5 Å². The van der Waals surface area contributed by atoms with Crippen LogP contribution < -0.4 is 14.4 Å². The van der Waals surface area contributed by atoms with E-state index in [2.05, 4.69) is 21.2 Å². The molecule has 0 spiro atoms. The zero-order valence-electron chi connectivity index (χ0n) is 17.7. The molecule has 0 aliphatic carbocycles. The van der Waals surface area contributed by atoms with Crippen LogP contribution in [0.5, 0.6) is 5.75 Å². The Balaban J connectivity index is 2.30. The Labute approximate surface area is 187 Å². The topological polar surface area (TPSA) is 79.0 Å². The molecule has 0 fully saturated rings. The third-order valence-electron chi connectivity index (χ3n) is 4.42. The molecular weight excluding hydrogens is 470 g/mol. The summed E-state index contributed by atoms with van der Waals surface area (Å²) in [7, 11) is 1.45. The summed E-state index contributed by atoms with van der Waals surface area (Å²) in [6, 6.07) is 11.5. The first-order valence-electron chi connectivity index (χ1n) is 9.49. The average Bonchev–Trinajstić information content (AvgIpc) is 2.70. The highest BCUT2D eigenvalue weighted by Crippen LogP contribution is 2.30. The molecule has 1 N–H and O–H groups in total. The van der Waals surface area contributed by atoms with Crippen LogP contribution in [0.3, 0.4) is 0 Å². The third kappa shape index (κ3) is 6.45. The molecule has 2 aromatic rings. The average molecular weight is 498 g/mol. The Morgan fingerprint density at radius 2 is 1.80 bits per heavy atom. The summed E-state index contributed by atoms with van der Waals surface area (Å²) in [5.41, 5.74) is 1.42. The van der Waals surface area contributed by atoms with E-state index in [0.717, 1.165) is 22.8 Å². The van der Waals surface area contributed by atoms with Crippen LogP contribution in [0, 0.1) is 6.92 Å². The van der Waals surface area contributed by atoms with Gasteiger partial charge < -0.3 is 15.0 Å². The molecule has 164 valence electrons. The van der Waals surface area contributed by atoms with Crippen molar-refractivity contribution in [3.05, 3.63) is 52.5 Å². The van der Waals surface area contributed by atoms with Gasteiger partial charge in [0.1, 0.15) is 12.3 Å².